The van der Waals surface area contributed by atoms with E-state index in [1.165, 1.54) is 5.56 Å². The van der Waals surface area contributed by atoms with E-state index in [0.717, 1.165) is 9.13 Å². The first kappa shape index (κ1) is 9.71. The van der Waals surface area contributed by atoms with Crippen LogP contribution in [0.3, 0.4) is 0 Å². The predicted octanol–water partition coefficient (Wildman–Crippen LogP) is 3.19. The third kappa shape index (κ3) is 2.06. The van der Waals surface area contributed by atoms with E-state index in [9.17, 15) is 4.79 Å². The van der Waals surface area contributed by atoms with Gasteiger partial charge in [-0.1, -0.05) is 24.6 Å². The fraction of sp³-hybridized carbons (Fsp3) is 0.300. The van der Waals surface area contributed by atoms with Gasteiger partial charge in [0.1, 0.15) is 0 Å². The Bertz CT molecular complexity index is 305. The molecule has 0 amide bonds. The van der Waals surface area contributed by atoms with Crippen molar-refractivity contribution in [3.8, 4) is 0 Å². The van der Waals surface area contributed by atoms with E-state index in [0.29, 0.717) is 6.42 Å². The molecule has 0 fully saturated rings. The van der Waals surface area contributed by atoms with Crippen molar-refractivity contribution in [3.05, 3.63) is 32.9 Å². The minimum absolute atomic E-state index is 0.222. The molecule has 1 nitrogen and oxygen atoms in total. The monoisotopic (exact) mass is 274 g/mol. The van der Waals surface area contributed by atoms with Gasteiger partial charge in [0.25, 0.3) is 0 Å². The Morgan fingerprint density at radius 1 is 1.50 bits per heavy atom. The summed E-state index contributed by atoms with van der Waals surface area (Å²) in [6.07, 6.45) is 0.582. The van der Waals surface area contributed by atoms with Crippen LogP contribution in [-0.4, -0.2) is 5.78 Å². The van der Waals surface area contributed by atoms with E-state index in [-0.39, 0.29) is 5.78 Å². The summed E-state index contributed by atoms with van der Waals surface area (Å²) in [5.74, 6) is 0.222. The Labute approximate surface area is 86.3 Å². The first-order valence-corrected chi connectivity index (χ1v) is 5.02. The molecule has 0 bridgehead atoms. The second-order valence-corrected chi connectivity index (χ2v) is 3.92. The maximum Gasteiger partial charge on any atom is 0.163 e. The van der Waals surface area contributed by atoms with Gasteiger partial charge in [-0.15, -0.1) is 0 Å². The van der Waals surface area contributed by atoms with Gasteiger partial charge in [0.15, 0.2) is 5.78 Å². The van der Waals surface area contributed by atoms with Gasteiger partial charge < -0.3 is 0 Å². The predicted molar refractivity (Wildman–Crippen MR) is 58.5 cm³/mol. The van der Waals surface area contributed by atoms with Crippen molar-refractivity contribution in [3.63, 3.8) is 0 Å². The normalized spacial score (nSPS) is 9.92. The fourth-order valence-electron chi connectivity index (χ4n) is 1.04. The number of ketones is 1. The highest BCUT2D eigenvalue weighted by molar-refractivity contribution is 14.1. The molecule has 0 saturated heterocycles. The Balaban J connectivity index is 3.09. The van der Waals surface area contributed by atoms with Crippen LogP contribution in [0.15, 0.2) is 18.2 Å². The van der Waals surface area contributed by atoms with Crippen molar-refractivity contribution in [2.75, 3.05) is 0 Å². The summed E-state index contributed by atoms with van der Waals surface area (Å²) in [7, 11) is 0. The largest absolute Gasteiger partial charge is 0.294 e. The molecule has 0 atom stereocenters. The summed E-state index contributed by atoms with van der Waals surface area (Å²) in [4.78, 5) is 11.3. The van der Waals surface area contributed by atoms with E-state index in [1.54, 1.807) is 0 Å². The van der Waals surface area contributed by atoms with Gasteiger partial charge in [0.05, 0.1) is 0 Å². The molecule has 0 saturated carbocycles. The quantitative estimate of drug-likeness (QED) is 0.598. The van der Waals surface area contributed by atoms with Gasteiger partial charge in [-0.05, 0) is 35.6 Å². The molecule has 0 N–H and O–H groups in total. The lowest BCUT2D eigenvalue weighted by molar-refractivity contribution is 0.0987. The van der Waals surface area contributed by atoms with Crippen molar-refractivity contribution in [1.82, 2.24) is 0 Å². The van der Waals surface area contributed by atoms with E-state index < -0.39 is 0 Å². The lowest BCUT2D eigenvalue weighted by Gasteiger charge is -2.01. The highest BCUT2D eigenvalue weighted by Crippen LogP contribution is 2.15. The molecule has 64 valence electrons. The Kier molecular flexibility index (Phi) is 3.26. The highest BCUT2D eigenvalue weighted by Gasteiger charge is 2.06. The average molecular weight is 274 g/mol. The average Bonchev–Trinajstić information content (AvgIpc) is 2.03. The van der Waals surface area contributed by atoms with Crippen molar-refractivity contribution in [2.45, 2.75) is 20.3 Å². The Morgan fingerprint density at radius 2 is 2.17 bits per heavy atom. The topological polar surface area (TPSA) is 17.1 Å². The number of hydrogen-bond acceptors (Lipinski definition) is 1. The van der Waals surface area contributed by atoms with Crippen molar-refractivity contribution >= 4 is 28.4 Å². The van der Waals surface area contributed by atoms with Crippen LogP contribution in [0.4, 0.5) is 0 Å². The number of carbonyl (C=O) groups excluding carboxylic acids is 1. The summed E-state index contributed by atoms with van der Waals surface area (Å²) in [5.41, 5.74) is 2.05. The summed E-state index contributed by atoms with van der Waals surface area (Å²) in [6.45, 7) is 3.92. The van der Waals surface area contributed by atoms with Crippen molar-refractivity contribution in [2.24, 2.45) is 0 Å². The Morgan fingerprint density at radius 3 is 2.67 bits per heavy atom. The van der Waals surface area contributed by atoms with Crippen LogP contribution in [-0.2, 0) is 0 Å². The summed E-state index contributed by atoms with van der Waals surface area (Å²) in [6, 6.07) is 5.91. The molecule has 0 aromatic heterocycles. The van der Waals surface area contributed by atoms with Gasteiger partial charge in [0, 0.05) is 15.6 Å². The molecular weight excluding hydrogens is 263 g/mol. The summed E-state index contributed by atoms with van der Waals surface area (Å²) in [5, 5.41) is 0. The molecule has 1 rings (SSSR count). The standard InChI is InChI=1S/C10H11IO/c1-3-10(12)8-5-4-7(2)6-9(8)11/h4-6H,3H2,1-2H3. The van der Waals surface area contributed by atoms with E-state index >= 15 is 0 Å². The highest BCUT2D eigenvalue weighted by atomic mass is 127. The first-order chi connectivity index (χ1) is 5.65. The van der Waals surface area contributed by atoms with E-state index in [4.69, 9.17) is 0 Å². The summed E-state index contributed by atoms with van der Waals surface area (Å²) >= 11 is 2.20. The minimum Gasteiger partial charge on any atom is -0.294 e. The number of carbonyl (C=O) groups is 1. The molecule has 0 aliphatic carbocycles. The minimum atomic E-state index is 0.222. The van der Waals surface area contributed by atoms with E-state index in [1.807, 2.05) is 32.0 Å². The lowest BCUT2D eigenvalue weighted by atomic mass is 10.1. The molecule has 0 radical (unpaired) electrons. The molecule has 1 aromatic rings. The van der Waals surface area contributed by atoms with Crippen molar-refractivity contribution < 1.29 is 4.79 Å². The van der Waals surface area contributed by atoms with Gasteiger partial charge in [0.2, 0.25) is 0 Å². The molecule has 0 aliphatic heterocycles. The first-order valence-electron chi connectivity index (χ1n) is 3.94. The zero-order valence-electron chi connectivity index (χ0n) is 7.23. The maximum absolute atomic E-state index is 11.3. The number of aryl methyl sites for hydroxylation is 1. The fourth-order valence-corrected chi connectivity index (χ4v) is 2.01. The molecule has 1 aromatic carbocycles. The van der Waals surface area contributed by atoms with E-state index in [2.05, 4.69) is 22.6 Å². The molecule has 12 heavy (non-hydrogen) atoms. The smallest absolute Gasteiger partial charge is 0.163 e. The van der Waals surface area contributed by atoms with Crippen LogP contribution in [0.5, 0.6) is 0 Å². The Hall–Kier alpha value is -0.380. The molecular formula is C10H11IO. The molecule has 0 spiro atoms. The van der Waals surface area contributed by atoms with Crippen LogP contribution in [0.1, 0.15) is 29.3 Å². The molecule has 0 heterocycles. The number of hydrogen-bond donors (Lipinski definition) is 0. The van der Waals surface area contributed by atoms with Crippen LogP contribution in [0.25, 0.3) is 0 Å². The van der Waals surface area contributed by atoms with Crippen molar-refractivity contribution in [1.29, 1.82) is 0 Å². The number of rotatable bonds is 2. The maximum atomic E-state index is 11.3. The van der Waals surface area contributed by atoms with Crippen LogP contribution in [0.2, 0.25) is 0 Å². The van der Waals surface area contributed by atoms with Gasteiger partial charge >= 0.3 is 0 Å². The molecule has 0 aliphatic rings. The molecule has 0 unspecified atom stereocenters. The van der Waals surface area contributed by atoms with Gasteiger partial charge in [-0.2, -0.15) is 0 Å². The molecule has 2 heteroatoms. The summed E-state index contributed by atoms with van der Waals surface area (Å²) < 4.78 is 1.06. The lowest BCUT2D eigenvalue weighted by Crippen LogP contribution is -1.99. The number of benzene rings is 1. The number of halogens is 1. The zero-order valence-corrected chi connectivity index (χ0v) is 9.38. The third-order valence-electron chi connectivity index (χ3n) is 1.75. The van der Waals surface area contributed by atoms with Crippen LogP contribution >= 0.6 is 22.6 Å². The van der Waals surface area contributed by atoms with Gasteiger partial charge in [-0.3, -0.25) is 4.79 Å². The number of Topliss-reactive ketones (excluding diaryl/α,β-unsaturated/α-hetero) is 1. The second kappa shape index (κ2) is 4.03. The van der Waals surface area contributed by atoms with Crippen LogP contribution < -0.4 is 0 Å². The SMILES string of the molecule is CCC(=O)c1ccc(C)cc1I. The zero-order chi connectivity index (χ0) is 9.14. The van der Waals surface area contributed by atoms with Gasteiger partial charge in [-0.25, -0.2) is 0 Å². The van der Waals surface area contributed by atoms with Crippen LogP contribution in [0, 0.1) is 10.5 Å². The third-order valence-corrected chi connectivity index (χ3v) is 2.64. The second-order valence-electron chi connectivity index (χ2n) is 2.76.